The number of benzene rings is 1. The van der Waals surface area contributed by atoms with E-state index in [1.807, 2.05) is 12.2 Å². The number of carbonyl (C=O) groups is 1. The zero-order chi connectivity index (χ0) is 15.0. The number of hydrogen-bond donors (Lipinski definition) is 1. The third kappa shape index (κ3) is 2.51. The molecule has 3 nitrogen and oxygen atoms in total. The van der Waals surface area contributed by atoms with E-state index < -0.39 is 12.0 Å². The van der Waals surface area contributed by atoms with Crippen LogP contribution in [0.25, 0.3) is 0 Å². The molecule has 0 spiro atoms. The first-order valence-electron chi connectivity index (χ1n) is 7.13. The van der Waals surface area contributed by atoms with Gasteiger partial charge in [-0.1, -0.05) is 31.2 Å². The lowest BCUT2D eigenvalue weighted by Crippen LogP contribution is -2.32. The van der Waals surface area contributed by atoms with Crippen molar-refractivity contribution >= 4 is 5.91 Å². The lowest BCUT2D eigenvalue weighted by atomic mass is 9.80. The Bertz CT molecular complexity index is 638. The van der Waals surface area contributed by atoms with Crippen molar-refractivity contribution in [2.45, 2.75) is 26.0 Å². The third-order valence-electron chi connectivity index (χ3n) is 4.33. The summed E-state index contributed by atoms with van der Waals surface area (Å²) in [6.45, 7) is 2.58. The van der Waals surface area contributed by atoms with Gasteiger partial charge >= 0.3 is 0 Å². The Labute approximate surface area is 123 Å². The van der Waals surface area contributed by atoms with Crippen LogP contribution in [0.1, 0.15) is 41.9 Å². The fraction of sp³-hybridized carbons (Fsp3) is 0.353. The molecule has 1 aromatic rings. The standard InChI is InChI=1S/C17H18FNO2/c1-17(7-3-2-4-8-17)9-10-19-15(20)13-6-5-12(18)11-14(13)16(19)21/h2-7,11,16,21H,8-10H2,1H3. The summed E-state index contributed by atoms with van der Waals surface area (Å²) in [6.07, 6.45) is 8.89. The molecule has 2 atom stereocenters. The quantitative estimate of drug-likeness (QED) is 0.927. The molecule has 0 bridgehead atoms. The molecule has 2 aliphatic rings. The van der Waals surface area contributed by atoms with Gasteiger partial charge in [-0.05, 0) is 36.5 Å². The highest BCUT2D eigenvalue weighted by atomic mass is 19.1. The lowest BCUT2D eigenvalue weighted by Gasteiger charge is -2.30. The van der Waals surface area contributed by atoms with Crippen LogP contribution in [0.4, 0.5) is 4.39 Å². The van der Waals surface area contributed by atoms with Crippen molar-refractivity contribution in [2.24, 2.45) is 5.41 Å². The second-order valence-corrected chi connectivity index (χ2v) is 6.00. The number of carbonyl (C=O) groups excluding carboxylic acids is 1. The molecule has 1 aliphatic carbocycles. The average molecular weight is 287 g/mol. The maximum Gasteiger partial charge on any atom is 0.256 e. The van der Waals surface area contributed by atoms with Crippen LogP contribution in [0.5, 0.6) is 0 Å². The summed E-state index contributed by atoms with van der Waals surface area (Å²) in [4.78, 5) is 13.7. The van der Waals surface area contributed by atoms with E-state index in [2.05, 4.69) is 19.1 Å². The largest absolute Gasteiger partial charge is 0.369 e. The van der Waals surface area contributed by atoms with Gasteiger partial charge < -0.3 is 10.0 Å². The predicted molar refractivity (Wildman–Crippen MR) is 78.0 cm³/mol. The molecule has 1 aliphatic heterocycles. The van der Waals surface area contributed by atoms with Crippen LogP contribution in [0.15, 0.2) is 42.5 Å². The van der Waals surface area contributed by atoms with Crippen molar-refractivity contribution in [1.82, 2.24) is 4.90 Å². The van der Waals surface area contributed by atoms with E-state index >= 15 is 0 Å². The Morgan fingerprint density at radius 2 is 2.24 bits per heavy atom. The summed E-state index contributed by atoms with van der Waals surface area (Å²) in [5, 5.41) is 10.3. The molecule has 1 N–H and O–H groups in total. The highest BCUT2D eigenvalue weighted by Gasteiger charge is 2.36. The molecule has 21 heavy (non-hydrogen) atoms. The maximum atomic E-state index is 13.3. The van der Waals surface area contributed by atoms with Gasteiger partial charge in [-0.3, -0.25) is 4.79 Å². The number of fused-ring (bicyclic) bond motifs is 1. The Morgan fingerprint density at radius 1 is 1.43 bits per heavy atom. The normalized spacial score (nSPS) is 27.3. The summed E-state index contributed by atoms with van der Waals surface area (Å²) in [7, 11) is 0. The van der Waals surface area contributed by atoms with Crippen LogP contribution in [0.3, 0.4) is 0 Å². The summed E-state index contributed by atoms with van der Waals surface area (Å²) in [5.41, 5.74) is 0.756. The molecule has 0 aromatic heterocycles. The molecular weight excluding hydrogens is 269 g/mol. The molecule has 3 rings (SSSR count). The first-order valence-corrected chi connectivity index (χ1v) is 7.13. The van der Waals surface area contributed by atoms with Crippen molar-refractivity contribution in [3.05, 3.63) is 59.4 Å². The van der Waals surface area contributed by atoms with E-state index in [1.165, 1.54) is 23.1 Å². The highest BCUT2D eigenvalue weighted by molar-refractivity contribution is 5.98. The fourth-order valence-electron chi connectivity index (χ4n) is 2.93. The number of halogens is 1. The average Bonchev–Trinajstić information content (AvgIpc) is 2.69. The predicted octanol–water partition coefficient (Wildman–Crippen LogP) is 3.18. The van der Waals surface area contributed by atoms with Gasteiger partial charge in [0.15, 0.2) is 6.23 Å². The van der Waals surface area contributed by atoms with Gasteiger partial charge in [-0.25, -0.2) is 4.39 Å². The molecule has 110 valence electrons. The Kier molecular flexibility index (Phi) is 3.41. The smallest absolute Gasteiger partial charge is 0.256 e. The monoisotopic (exact) mass is 287 g/mol. The Balaban J connectivity index is 1.75. The van der Waals surface area contributed by atoms with E-state index in [1.54, 1.807) is 0 Å². The van der Waals surface area contributed by atoms with Crippen molar-refractivity contribution in [3.8, 4) is 0 Å². The van der Waals surface area contributed by atoms with Crippen molar-refractivity contribution in [3.63, 3.8) is 0 Å². The number of amides is 1. The highest BCUT2D eigenvalue weighted by Crippen LogP contribution is 2.36. The molecule has 4 heteroatoms. The lowest BCUT2D eigenvalue weighted by molar-refractivity contribution is 0.0138. The second-order valence-electron chi connectivity index (χ2n) is 6.00. The van der Waals surface area contributed by atoms with E-state index in [0.717, 1.165) is 12.8 Å². The first kappa shape index (κ1) is 14.0. The van der Waals surface area contributed by atoms with Gasteiger partial charge in [0.1, 0.15) is 5.82 Å². The van der Waals surface area contributed by atoms with E-state index in [-0.39, 0.29) is 11.3 Å². The Morgan fingerprint density at radius 3 is 2.95 bits per heavy atom. The molecule has 2 unspecified atom stereocenters. The topological polar surface area (TPSA) is 40.5 Å². The minimum absolute atomic E-state index is 0.00518. The minimum atomic E-state index is -1.05. The Hall–Kier alpha value is -1.94. The van der Waals surface area contributed by atoms with Gasteiger partial charge in [-0.15, -0.1) is 0 Å². The SMILES string of the molecule is CC1(CCN2C(=O)c3ccc(F)cc3C2O)C=CC=CC1. The van der Waals surface area contributed by atoms with Crippen LogP contribution in [-0.4, -0.2) is 22.5 Å². The third-order valence-corrected chi connectivity index (χ3v) is 4.33. The van der Waals surface area contributed by atoms with E-state index in [9.17, 15) is 14.3 Å². The molecular formula is C17H18FNO2. The first-order chi connectivity index (χ1) is 10.0. The molecule has 1 amide bonds. The zero-order valence-electron chi connectivity index (χ0n) is 11.9. The summed E-state index contributed by atoms with van der Waals surface area (Å²) >= 11 is 0. The summed E-state index contributed by atoms with van der Waals surface area (Å²) in [6, 6.07) is 3.94. The van der Waals surface area contributed by atoms with Crippen LogP contribution >= 0.6 is 0 Å². The molecule has 0 saturated heterocycles. The molecule has 0 saturated carbocycles. The number of allylic oxidation sites excluding steroid dienone is 4. The van der Waals surface area contributed by atoms with Gasteiger partial charge in [-0.2, -0.15) is 0 Å². The molecule has 0 radical (unpaired) electrons. The number of rotatable bonds is 3. The van der Waals surface area contributed by atoms with E-state index in [4.69, 9.17) is 0 Å². The van der Waals surface area contributed by atoms with Crippen molar-refractivity contribution < 1.29 is 14.3 Å². The number of nitrogens with zero attached hydrogens (tertiary/aromatic N) is 1. The minimum Gasteiger partial charge on any atom is -0.369 e. The molecule has 1 aromatic carbocycles. The van der Waals surface area contributed by atoms with Crippen molar-refractivity contribution in [2.75, 3.05) is 6.54 Å². The number of aliphatic hydroxyl groups excluding tert-OH is 1. The summed E-state index contributed by atoms with van der Waals surface area (Å²) in [5.74, 6) is -0.661. The van der Waals surface area contributed by atoms with Gasteiger partial charge in [0, 0.05) is 17.7 Å². The number of aliphatic hydroxyl groups is 1. The van der Waals surface area contributed by atoms with Crippen molar-refractivity contribution in [1.29, 1.82) is 0 Å². The van der Waals surface area contributed by atoms with Gasteiger partial charge in [0.2, 0.25) is 0 Å². The van der Waals surface area contributed by atoms with Crippen LogP contribution in [0.2, 0.25) is 0 Å². The van der Waals surface area contributed by atoms with Gasteiger partial charge in [0.25, 0.3) is 5.91 Å². The molecule has 0 fully saturated rings. The van der Waals surface area contributed by atoms with E-state index in [0.29, 0.717) is 17.7 Å². The zero-order valence-corrected chi connectivity index (χ0v) is 11.9. The van der Waals surface area contributed by atoms with Crippen LogP contribution < -0.4 is 0 Å². The van der Waals surface area contributed by atoms with Gasteiger partial charge in [0.05, 0.1) is 0 Å². The second kappa shape index (κ2) is 5.11. The van der Waals surface area contributed by atoms with Crippen LogP contribution in [-0.2, 0) is 0 Å². The summed E-state index contributed by atoms with van der Waals surface area (Å²) < 4.78 is 13.3. The fourth-order valence-corrected chi connectivity index (χ4v) is 2.93. The maximum absolute atomic E-state index is 13.3. The number of hydrogen-bond acceptors (Lipinski definition) is 2. The van der Waals surface area contributed by atoms with Crippen LogP contribution in [0, 0.1) is 11.2 Å². The molecule has 1 heterocycles.